The van der Waals surface area contributed by atoms with Gasteiger partial charge >= 0.3 is 0 Å². The zero-order valence-corrected chi connectivity index (χ0v) is 17.3. The van der Waals surface area contributed by atoms with E-state index in [0.717, 1.165) is 11.5 Å². The van der Waals surface area contributed by atoms with Crippen LogP contribution < -0.4 is 15.4 Å². The van der Waals surface area contributed by atoms with Crippen molar-refractivity contribution in [2.75, 3.05) is 23.7 Å². The molecule has 3 aromatic heterocycles. The van der Waals surface area contributed by atoms with Crippen molar-refractivity contribution in [3.8, 4) is 0 Å². The summed E-state index contributed by atoms with van der Waals surface area (Å²) in [5.41, 5.74) is 0.861. The zero-order chi connectivity index (χ0) is 20.9. The first-order valence-electron chi connectivity index (χ1n) is 9.13. The third-order valence-corrected chi connectivity index (χ3v) is 5.35. The van der Waals surface area contributed by atoms with Crippen LogP contribution in [0.5, 0.6) is 0 Å². The predicted octanol–water partition coefficient (Wildman–Crippen LogP) is 1.86. The fourth-order valence-electron chi connectivity index (χ4n) is 2.64. The largest absolute Gasteiger partial charge is 0.367 e. The third-order valence-electron chi connectivity index (χ3n) is 4.02. The molecule has 0 aromatic carbocycles. The van der Waals surface area contributed by atoms with Crippen LogP contribution in [0.15, 0.2) is 47.9 Å². The molecule has 0 unspecified atom stereocenters. The molecule has 3 aromatic rings. The van der Waals surface area contributed by atoms with Gasteiger partial charge in [-0.1, -0.05) is 13.8 Å². The van der Waals surface area contributed by atoms with Crippen LogP contribution in [0.2, 0.25) is 0 Å². The minimum absolute atomic E-state index is 0.0232. The number of sulfonamides is 1. The average Bonchev–Trinajstić information content (AvgIpc) is 3.10. The molecule has 0 radical (unpaired) electrons. The van der Waals surface area contributed by atoms with Crippen molar-refractivity contribution in [3.05, 3.63) is 48.7 Å². The molecule has 154 valence electrons. The summed E-state index contributed by atoms with van der Waals surface area (Å²) in [5, 5.41) is 14.3. The zero-order valence-electron chi connectivity index (χ0n) is 16.5. The molecule has 0 aliphatic rings. The average molecular weight is 417 g/mol. The Morgan fingerprint density at radius 1 is 1.03 bits per heavy atom. The Bertz CT molecular complexity index is 1030. The quantitative estimate of drug-likeness (QED) is 0.451. The van der Waals surface area contributed by atoms with Gasteiger partial charge in [0.15, 0.2) is 10.8 Å². The van der Waals surface area contributed by atoms with Gasteiger partial charge < -0.3 is 15.2 Å². The van der Waals surface area contributed by atoms with Crippen LogP contribution in [0, 0.1) is 0 Å². The van der Waals surface area contributed by atoms with Gasteiger partial charge in [0.25, 0.3) is 10.0 Å². The van der Waals surface area contributed by atoms with Crippen LogP contribution in [-0.2, 0) is 17.1 Å². The number of anilines is 3. The molecule has 0 spiro atoms. The van der Waals surface area contributed by atoms with Crippen molar-refractivity contribution in [3.63, 3.8) is 0 Å². The molecule has 11 heteroatoms. The van der Waals surface area contributed by atoms with Crippen LogP contribution >= 0.6 is 0 Å². The van der Waals surface area contributed by atoms with Crippen LogP contribution in [0.3, 0.4) is 0 Å². The van der Waals surface area contributed by atoms with Gasteiger partial charge in [0.1, 0.15) is 11.6 Å². The maximum atomic E-state index is 12.4. The Kier molecular flexibility index (Phi) is 6.39. The van der Waals surface area contributed by atoms with E-state index >= 15 is 0 Å². The molecule has 29 heavy (non-hydrogen) atoms. The van der Waals surface area contributed by atoms with Crippen LogP contribution in [0.25, 0.3) is 0 Å². The summed E-state index contributed by atoms with van der Waals surface area (Å²) in [7, 11) is -1.88. The lowest BCUT2D eigenvalue weighted by Gasteiger charge is -2.08. The molecular formula is C18H24N8O2S. The summed E-state index contributed by atoms with van der Waals surface area (Å²) >= 11 is 0. The van der Waals surface area contributed by atoms with E-state index in [2.05, 4.69) is 35.5 Å². The molecule has 0 fully saturated rings. The van der Waals surface area contributed by atoms with Gasteiger partial charge in [0.05, 0.1) is 0 Å². The van der Waals surface area contributed by atoms with Crippen molar-refractivity contribution in [2.24, 2.45) is 7.05 Å². The van der Waals surface area contributed by atoms with E-state index in [1.165, 1.54) is 6.20 Å². The Morgan fingerprint density at radius 3 is 2.34 bits per heavy atom. The van der Waals surface area contributed by atoms with Gasteiger partial charge in [-0.2, -0.15) is 0 Å². The third kappa shape index (κ3) is 5.48. The molecular weight excluding hydrogens is 392 g/mol. The SMILES string of the molecule is CC(C)c1nc(S(=O)(=O)NCCNc2ccc(Nc3ccncc3)nn2)cn1C. The minimum Gasteiger partial charge on any atom is -0.367 e. The van der Waals surface area contributed by atoms with Gasteiger partial charge in [-0.05, 0) is 24.3 Å². The molecule has 3 heterocycles. The Hall–Kier alpha value is -3.05. The number of nitrogens with one attached hydrogen (secondary N) is 3. The van der Waals surface area contributed by atoms with E-state index in [1.807, 2.05) is 26.0 Å². The number of hydrogen-bond acceptors (Lipinski definition) is 8. The maximum Gasteiger partial charge on any atom is 0.259 e. The lowest BCUT2D eigenvalue weighted by atomic mass is 10.2. The summed E-state index contributed by atoms with van der Waals surface area (Å²) < 4.78 is 29.1. The predicted molar refractivity (Wildman–Crippen MR) is 111 cm³/mol. The number of aryl methyl sites for hydroxylation is 1. The topological polar surface area (TPSA) is 127 Å². The Morgan fingerprint density at radius 2 is 1.72 bits per heavy atom. The molecule has 0 saturated carbocycles. The van der Waals surface area contributed by atoms with Crippen molar-refractivity contribution >= 4 is 27.3 Å². The van der Waals surface area contributed by atoms with E-state index in [4.69, 9.17) is 0 Å². The van der Waals surface area contributed by atoms with Gasteiger partial charge in [0, 0.05) is 50.3 Å². The fraction of sp³-hybridized carbons (Fsp3) is 0.333. The highest BCUT2D eigenvalue weighted by molar-refractivity contribution is 7.89. The number of rotatable bonds is 9. The number of hydrogen-bond donors (Lipinski definition) is 3. The van der Waals surface area contributed by atoms with Crippen LogP contribution in [0.1, 0.15) is 25.6 Å². The molecule has 10 nitrogen and oxygen atoms in total. The molecule has 0 aliphatic carbocycles. The summed E-state index contributed by atoms with van der Waals surface area (Å²) in [5.74, 6) is 2.00. The summed E-state index contributed by atoms with van der Waals surface area (Å²) in [4.78, 5) is 8.17. The second-order valence-electron chi connectivity index (χ2n) is 6.69. The van der Waals surface area contributed by atoms with Crippen LogP contribution in [0.4, 0.5) is 17.3 Å². The molecule has 0 saturated heterocycles. The maximum absolute atomic E-state index is 12.4. The highest BCUT2D eigenvalue weighted by Gasteiger charge is 2.20. The van der Waals surface area contributed by atoms with Crippen molar-refractivity contribution < 1.29 is 8.42 Å². The van der Waals surface area contributed by atoms with Gasteiger partial charge in [0.2, 0.25) is 0 Å². The summed E-state index contributed by atoms with van der Waals surface area (Å²) in [6.45, 7) is 4.48. The molecule has 0 amide bonds. The second-order valence-corrected chi connectivity index (χ2v) is 8.41. The van der Waals surface area contributed by atoms with Crippen molar-refractivity contribution in [1.29, 1.82) is 0 Å². The lowest BCUT2D eigenvalue weighted by Crippen LogP contribution is -2.29. The summed E-state index contributed by atoms with van der Waals surface area (Å²) in [6.07, 6.45) is 4.88. The highest BCUT2D eigenvalue weighted by Crippen LogP contribution is 2.16. The van der Waals surface area contributed by atoms with Crippen molar-refractivity contribution in [2.45, 2.75) is 24.8 Å². The van der Waals surface area contributed by atoms with Gasteiger partial charge in [-0.15, -0.1) is 10.2 Å². The number of pyridine rings is 1. The van der Waals surface area contributed by atoms with E-state index in [1.54, 1.807) is 36.1 Å². The first-order valence-corrected chi connectivity index (χ1v) is 10.6. The number of aromatic nitrogens is 5. The van der Waals surface area contributed by atoms with E-state index in [-0.39, 0.29) is 17.5 Å². The fourth-order valence-corrected chi connectivity index (χ4v) is 3.67. The monoisotopic (exact) mass is 416 g/mol. The Labute approximate surface area is 169 Å². The van der Waals surface area contributed by atoms with E-state index < -0.39 is 10.0 Å². The van der Waals surface area contributed by atoms with E-state index in [9.17, 15) is 8.42 Å². The van der Waals surface area contributed by atoms with Crippen molar-refractivity contribution in [1.82, 2.24) is 29.5 Å². The molecule has 0 bridgehead atoms. The van der Waals surface area contributed by atoms with Crippen LogP contribution in [-0.4, -0.2) is 46.2 Å². The molecule has 0 aliphatic heterocycles. The minimum atomic E-state index is -3.66. The van der Waals surface area contributed by atoms with E-state index in [0.29, 0.717) is 18.2 Å². The smallest absolute Gasteiger partial charge is 0.259 e. The summed E-state index contributed by atoms with van der Waals surface area (Å²) in [6, 6.07) is 7.19. The normalized spacial score (nSPS) is 11.6. The van der Waals surface area contributed by atoms with Gasteiger partial charge in [-0.3, -0.25) is 4.98 Å². The molecule has 3 N–H and O–H groups in total. The molecule has 0 atom stereocenters. The first kappa shape index (κ1) is 20.7. The highest BCUT2D eigenvalue weighted by atomic mass is 32.2. The standard InChI is InChI=1S/C18H24N8O2S/c1-13(2)18-23-17(12-26(18)3)29(27,28)21-11-10-20-15-4-5-16(25-24-15)22-14-6-8-19-9-7-14/h4-9,12-13,21H,10-11H2,1-3H3,(H,20,24)(H,19,22,25). The number of imidazole rings is 1. The Balaban J connectivity index is 1.49. The van der Waals surface area contributed by atoms with Gasteiger partial charge in [-0.25, -0.2) is 18.1 Å². The number of nitrogens with zero attached hydrogens (tertiary/aromatic N) is 5. The first-order chi connectivity index (χ1) is 13.8. The molecule has 3 rings (SSSR count). The lowest BCUT2D eigenvalue weighted by molar-refractivity contribution is 0.579. The second kappa shape index (κ2) is 8.97.